The third-order valence-corrected chi connectivity index (χ3v) is 2.14. The predicted molar refractivity (Wildman–Crippen MR) is 58.3 cm³/mol. The molecule has 0 radical (unpaired) electrons. The standard InChI is InChI=1S/C7H9.C6H7.Fe/c1-6-4-3-5-7(6)2;1-6-4-2-3-5-6;/h3-5H,1-2H3;2-5H,1H3;/q-5;-1;. The average molecular weight is 228 g/mol. The van der Waals surface area contributed by atoms with E-state index in [-0.39, 0.29) is 17.1 Å². The second-order valence-corrected chi connectivity index (χ2v) is 3.35. The molecule has 0 aliphatic heterocycles. The summed E-state index contributed by atoms with van der Waals surface area (Å²) >= 11 is 0. The van der Waals surface area contributed by atoms with E-state index in [0.717, 1.165) is 0 Å². The summed E-state index contributed by atoms with van der Waals surface area (Å²) in [6.45, 7) is 6.32. The molecule has 0 aromatic heterocycles. The first-order valence-electron chi connectivity index (χ1n) is 4.57. The molecule has 2 rings (SSSR count). The summed E-state index contributed by atoms with van der Waals surface area (Å²) in [6.07, 6.45) is 0. The maximum absolute atomic E-state index is 2.12. The fraction of sp³-hybridized carbons (Fsp3) is 0.231. The van der Waals surface area contributed by atoms with Crippen LogP contribution in [-0.2, 0) is 17.1 Å². The number of hydrogen-bond acceptors (Lipinski definition) is 0. The zero-order valence-corrected chi connectivity index (χ0v) is 10.00. The van der Waals surface area contributed by atoms with E-state index in [2.05, 4.69) is 51.1 Å². The zero-order chi connectivity index (χ0) is 9.68. The Bertz CT molecular complexity index is 311. The summed E-state index contributed by atoms with van der Waals surface area (Å²) in [6, 6.07) is 14.6. The van der Waals surface area contributed by atoms with E-state index < -0.39 is 0 Å². The van der Waals surface area contributed by atoms with Crippen LogP contribution in [0.15, 0.2) is 42.5 Å². The fourth-order valence-electron chi connectivity index (χ4n) is 1.07. The Morgan fingerprint density at radius 1 is 0.857 bits per heavy atom. The van der Waals surface area contributed by atoms with Crippen molar-refractivity contribution >= 4 is 0 Å². The van der Waals surface area contributed by atoms with Gasteiger partial charge in [-0.1, -0.05) is 6.92 Å². The maximum atomic E-state index is 2.12. The van der Waals surface area contributed by atoms with Crippen LogP contribution in [0.1, 0.15) is 16.7 Å². The van der Waals surface area contributed by atoms with Gasteiger partial charge in [0, 0.05) is 17.1 Å². The van der Waals surface area contributed by atoms with E-state index in [1.807, 2.05) is 12.1 Å². The van der Waals surface area contributed by atoms with Crippen molar-refractivity contribution in [3.05, 3.63) is 59.2 Å². The van der Waals surface area contributed by atoms with E-state index in [1.165, 1.54) is 16.7 Å². The van der Waals surface area contributed by atoms with Crippen molar-refractivity contribution in [2.75, 3.05) is 0 Å². The quantitative estimate of drug-likeness (QED) is 0.476. The number of aryl methyl sites for hydroxylation is 3. The second kappa shape index (κ2) is 6.64. The normalized spacial score (nSPS) is 8.50. The minimum atomic E-state index is 0. The number of hydrogen-bond donors (Lipinski definition) is 0. The van der Waals surface area contributed by atoms with Crippen molar-refractivity contribution in [2.45, 2.75) is 20.8 Å². The molecule has 0 unspecified atom stereocenters. The third-order valence-electron chi connectivity index (χ3n) is 2.14. The summed E-state index contributed by atoms with van der Waals surface area (Å²) in [5.74, 6) is 0. The molecule has 0 aliphatic rings. The van der Waals surface area contributed by atoms with Gasteiger partial charge in [0.1, 0.15) is 0 Å². The van der Waals surface area contributed by atoms with Gasteiger partial charge in [-0.3, -0.25) is 0 Å². The first kappa shape index (κ1) is 13.2. The molecule has 2 aromatic rings. The van der Waals surface area contributed by atoms with Crippen LogP contribution in [0.2, 0.25) is 0 Å². The zero-order valence-electron chi connectivity index (χ0n) is 8.90. The van der Waals surface area contributed by atoms with Crippen molar-refractivity contribution in [3.63, 3.8) is 0 Å². The molecule has 0 fully saturated rings. The van der Waals surface area contributed by atoms with Gasteiger partial charge in [0.15, 0.2) is 0 Å². The van der Waals surface area contributed by atoms with Crippen molar-refractivity contribution in [1.29, 1.82) is 0 Å². The first-order valence-corrected chi connectivity index (χ1v) is 4.57. The van der Waals surface area contributed by atoms with Crippen LogP contribution < -0.4 is 0 Å². The fourth-order valence-corrected chi connectivity index (χ4v) is 1.07. The van der Waals surface area contributed by atoms with Gasteiger partial charge in [-0.25, -0.2) is 26.0 Å². The Morgan fingerprint density at radius 2 is 1.29 bits per heavy atom. The third kappa shape index (κ3) is 4.45. The van der Waals surface area contributed by atoms with Crippen molar-refractivity contribution < 1.29 is 17.1 Å². The van der Waals surface area contributed by atoms with Gasteiger partial charge in [0.05, 0.1) is 0 Å². The molecule has 0 nitrogen and oxygen atoms in total. The summed E-state index contributed by atoms with van der Waals surface area (Å²) in [5, 5.41) is 0. The van der Waals surface area contributed by atoms with Gasteiger partial charge in [-0.2, -0.15) is 17.7 Å². The summed E-state index contributed by atoms with van der Waals surface area (Å²) in [5.41, 5.74) is 4.12. The van der Waals surface area contributed by atoms with Gasteiger partial charge in [-0.15, -0.1) is 0 Å². The molecular formula is C13H16Fe-6. The topological polar surface area (TPSA) is 0 Å². The Balaban J connectivity index is 0.000000227. The molecule has 2 aromatic carbocycles. The summed E-state index contributed by atoms with van der Waals surface area (Å²) in [4.78, 5) is 0. The maximum Gasteiger partial charge on any atom is 0 e. The molecule has 0 amide bonds. The van der Waals surface area contributed by atoms with Crippen LogP contribution in [-0.4, -0.2) is 0 Å². The predicted octanol–water partition coefficient (Wildman–Crippen LogP) is 3.73. The molecule has 0 spiro atoms. The van der Waals surface area contributed by atoms with Crippen molar-refractivity contribution in [3.8, 4) is 0 Å². The molecule has 0 atom stereocenters. The molecular weight excluding hydrogens is 212 g/mol. The Morgan fingerprint density at radius 3 is 1.43 bits per heavy atom. The molecule has 82 valence electrons. The molecule has 14 heavy (non-hydrogen) atoms. The van der Waals surface area contributed by atoms with Crippen LogP contribution in [0, 0.1) is 20.8 Å². The van der Waals surface area contributed by atoms with Crippen molar-refractivity contribution in [2.24, 2.45) is 0 Å². The largest absolute Gasteiger partial charge is 0.747 e. The Labute approximate surface area is 97.2 Å². The molecule has 0 saturated carbocycles. The van der Waals surface area contributed by atoms with Gasteiger partial charge in [-0.05, 0) is 0 Å². The van der Waals surface area contributed by atoms with Crippen LogP contribution in [0.5, 0.6) is 0 Å². The SMILES string of the molecule is C[c-]1[cH-][cH-][cH-][c-]1C.C[c-]1cccc1.[Fe]. The van der Waals surface area contributed by atoms with E-state index in [4.69, 9.17) is 0 Å². The van der Waals surface area contributed by atoms with Gasteiger partial charge in [0.2, 0.25) is 0 Å². The minimum absolute atomic E-state index is 0. The Hall–Kier alpha value is -0.781. The van der Waals surface area contributed by atoms with Crippen LogP contribution in [0.3, 0.4) is 0 Å². The van der Waals surface area contributed by atoms with Crippen molar-refractivity contribution in [1.82, 2.24) is 0 Å². The van der Waals surface area contributed by atoms with Crippen LogP contribution >= 0.6 is 0 Å². The minimum Gasteiger partial charge on any atom is -0.747 e. The van der Waals surface area contributed by atoms with Crippen LogP contribution in [0.4, 0.5) is 0 Å². The smallest absolute Gasteiger partial charge is 0 e. The average Bonchev–Trinajstić information content (AvgIpc) is 2.67. The van der Waals surface area contributed by atoms with Gasteiger partial charge >= 0.3 is 0 Å². The molecule has 0 saturated heterocycles. The van der Waals surface area contributed by atoms with E-state index >= 15 is 0 Å². The van der Waals surface area contributed by atoms with Gasteiger partial charge < -0.3 is 29.3 Å². The number of rotatable bonds is 0. The molecule has 0 heterocycles. The molecule has 1 heteroatoms. The first-order chi connectivity index (χ1) is 6.20. The monoisotopic (exact) mass is 228 g/mol. The van der Waals surface area contributed by atoms with Gasteiger partial charge in [0.25, 0.3) is 0 Å². The second-order valence-electron chi connectivity index (χ2n) is 3.35. The Kier molecular flexibility index (Phi) is 6.27. The van der Waals surface area contributed by atoms with E-state index in [9.17, 15) is 0 Å². The van der Waals surface area contributed by atoms with Crippen LogP contribution in [0.25, 0.3) is 0 Å². The summed E-state index contributed by atoms with van der Waals surface area (Å²) in [7, 11) is 0. The summed E-state index contributed by atoms with van der Waals surface area (Å²) < 4.78 is 0. The van der Waals surface area contributed by atoms with E-state index in [0.29, 0.717) is 0 Å². The molecule has 0 N–H and O–H groups in total. The van der Waals surface area contributed by atoms with E-state index in [1.54, 1.807) is 0 Å². The molecule has 0 bridgehead atoms. The molecule has 0 aliphatic carbocycles.